The van der Waals surface area contributed by atoms with E-state index in [1.165, 1.54) is 11.1 Å². The van der Waals surface area contributed by atoms with Crippen LogP contribution in [0.3, 0.4) is 0 Å². The van der Waals surface area contributed by atoms with Crippen molar-refractivity contribution in [2.45, 2.75) is 26.9 Å². The topological polar surface area (TPSA) is 29.5 Å². The Morgan fingerprint density at radius 1 is 1.26 bits per heavy atom. The van der Waals surface area contributed by atoms with Crippen molar-refractivity contribution < 1.29 is 9.84 Å². The molecule has 0 bridgehead atoms. The van der Waals surface area contributed by atoms with Crippen molar-refractivity contribution in [3.63, 3.8) is 0 Å². The van der Waals surface area contributed by atoms with Gasteiger partial charge in [-0.1, -0.05) is 62.4 Å². The van der Waals surface area contributed by atoms with Gasteiger partial charge in [-0.3, -0.25) is 0 Å². The molecule has 0 radical (unpaired) electrons. The van der Waals surface area contributed by atoms with Crippen LogP contribution in [0.4, 0.5) is 0 Å². The van der Waals surface area contributed by atoms with Gasteiger partial charge in [0.15, 0.2) is 0 Å². The van der Waals surface area contributed by atoms with E-state index in [0.717, 1.165) is 0 Å². The van der Waals surface area contributed by atoms with Crippen LogP contribution in [0.5, 0.6) is 0 Å². The number of hydrogen-bond donors (Lipinski definition) is 1. The third-order valence-corrected chi connectivity index (χ3v) is 2.61. The Kier molecular flexibility index (Phi) is 7.87. The fourth-order valence-electron chi connectivity index (χ4n) is 1.80. The molecule has 0 saturated carbocycles. The first kappa shape index (κ1) is 15.7. The fourth-order valence-corrected chi connectivity index (χ4v) is 1.80. The summed E-state index contributed by atoms with van der Waals surface area (Å²) in [4.78, 5) is 0. The molecular weight excluding hydrogens is 236 g/mol. The third-order valence-electron chi connectivity index (χ3n) is 2.61. The van der Waals surface area contributed by atoms with E-state index in [9.17, 15) is 0 Å². The molecule has 19 heavy (non-hydrogen) atoms. The smallest absolute Gasteiger partial charge is 0.0721 e. The van der Waals surface area contributed by atoms with Crippen molar-refractivity contribution in [3.05, 3.63) is 59.7 Å². The molecular formula is C17H24O2. The Hall–Kier alpha value is -1.38. The lowest BCUT2D eigenvalue weighted by Crippen LogP contribution is -1.93. The molecule has 0 aliphatic rings. The molecule has 104 valence electrons. The van der Waals surface area contributed by atoms with Gasteiger partial charge in [-0.05, 0) is 23.5 Å². The van der Waals surface area contributed by atoms with Crippen LogP contribution in [0, 0.1) is 5.92 Å². The zero-order valence-corrected chi connectivity index (χ0v) is 11.9. The largest absolute Gasteiger partial charge is 0.396 e. The van der Waals surface area contributed by atoms with Crippen LogP contribution in [0.15, 0.2) is 54.1 Å². The Morgan fingerprint density at radius 2 is 2.00 bits per heavy atom. The molecule has 0 saturated heterocycles. The van der Waals surface area contributed by atoms with E-state index < -0.39 is 0 Å². The first-order valence-corrected chi connectivity index (χ1v) is 6.82. The summed E-state index contributed by atoms with van der Waals surface area (Å²) < 4.78 is 5.58. The lowest BCUT2D eigenvalue weighted by atomic mass is 10.1. The van der Waals surface area contributed by atoms with Crippen LogP contribution in [0.1, 0.15) is 25.8 Å². The highest BCUT2D eigenvalue weighted by molar-refractivity contribution is 5.19. The molecule has 0 atom stereocenters. The molecule has 1 rings (SSSR count). The summed E-state index contributed by atoms with van der Waals surface area (Å²) in [5.74, 6) is 0.497. The summed E-state index contributed by atoms with van der Waals surface area (Å²) in [5.41, 5.74) is 2.35. The van der Waals surface area contributed by atoms with Gasteiger partial charge in [0.2, 0.25) is 0 Å². The predicted molar refractivity (Wildman–Crippen MR) is 79.9 cm³/mol. The molecule has 0 aromatic heterocycles. The molecule has 0 amide bonds. The summed E-state index contributed by atoms with van der Waals surface area (Å²) in [7, 11) is 0. The minimum Gasteiger partial charge on any atom is -0.396 e. The maximum atomic E-state index is 8.99. The number of rotatable bonds is 8. The summed E-state index contributed by atoms with van der Waals surface area (Å²) in [6.07, 6.45) is 6.92. The van der Waals surface area contributed by atoms with Gasteiger partial charge >= 0.3 is 0 Å². The van der Waals surface area contributed by atoms with E-state index in [2.05, 4.69) is 32.1 Å². The molecule has 1 aromatic carbocycles. The lowest BCUT2D eigenvalue weighted by Gasteiger charge is -2.03. The summed E-state index contributed by atoms with van der Waals surface area (Å²) in [5, 5.41) is 8.99. The highest BCUT2D eigenvalue weighted by Crippen LogP contribution is 2.08. The van der Waals surface area contributed by atoms with Crippen LogP contribution >= 0.6 is 0 Å². The van der Waals surface area contributed by atoms with Crippen molar-refractivity contribution >= 4 is 0 Å². The first-order valence-electron chi connectivity index (χ1n) is 6.82. The minimum absolute atomic E-state index is 0.188. The zero-order chi connectivity index (χ0) is 13.9. The van der Waals surface area contributed by atoms with Gasteiger partial charge in [-0.15, -0.1) is 0 Å². The predicted octanol–water partition coefficient (Wildman–Crippen LogP) is 3.72. The van der Waals surface area contributed by atoms with E-state index in [1.807, 2.05) is 30.4 Å². The van der Waals surface area contributed by atoms with Gasteiger partial charge in [0, 0.05) is 6.61 Å². The van der Waals surface area contributed by atoms with Crippen LogP contribution in [-0.2, 0) is 11.3 Å². The van der Waals surface area contributed by atoms with Crippen LogP contribution in [-0.4, -0.2) is 18.3 Å². The van der Waals surface area contributed by atoms with Gasteiger partial charge in [-0.2, -0.15) is 0 Å². The number of ether oxygens (including phenoxy) is 1. The van der Waals surface area contributed by atoms with Gasteiger partial charge in [0.05, 0.1) is 13.2 Å². The van der Waals surface area contributed by atoms with Crippen LogP contribution in [0.2, 0.25) is 0 Å². The van der Waals surface area contributed by atoms with Crippen LogP contribution in [0.25, 0.3) is 0 Å². The first-order chi connectivity index (χ1) is 9.22. The second kappa shape index (κ2) is 9.54. The monoisotopic (exact) mass is 260 g/mol. The van der Waals surface area contributed by atoms with Gasteiger partial charge in [0.1, 0.15) is 0 Å². The van der Waals surface area contributed by atoms with Crippen molar-refractivity contribution in [1.82, 2.24) is 0 Å². The lowest BCUT2D eigenvalue weighted by molar-refractivity contribution is 0.148. The summed E-state index contributed by atoms with van der Waals surface area (Å²) in [6.45, 7) is 5.69. The van der Waals surface area contributed by atoms with E-state index in [0.29, 0.717) is 25.6 Å². The summed E-state index contributed by atoms with van der Waals surface area (Å²) >= 11 is 0. The molecule has 0 spiro atoms. The molecule has 2 nitrogen and oxygen atoms in total. The normalized spacial score (nSPS) is 12.5. The zero-order valence-electron chi connectivity index (χ0n) is 11.9. The van der Waals surface area contributed by atoms with E-state index in [1.54, 1.807) is 0 Å². The van der Waals surface area contributed by atoms with Gasteiger partial charge < -0.3 is 9.84 Å². The third kappa shape index (κ3) is 7.60. The second-order valence-electron chi connectivity index (χ2n) is 4.86. The molecule has 1 aromatic rings. The SMILES string of the molecule is CC(C)/C=C(\C=C/COCc1ccccc1)CCO. The Morgan fingerprint density at radius 3 is 2.63 bits per heavy atom. The number of hydrogen-bond acceptors (Lipinski definition) is 2. The quantitative estimate of drug-likeness (QED) is 0.570. The van der Waals surface area contributed by atoms with Gasteiger partial charge in [0.25, 0.3) is 0 Å². The van der Waals surface area contributed by atoms with Crippen molar-refractivity contribution in [2.75, 3.05) is 13.2 Å². The van der Waals surface area contributed by atoms with E-state index in [4.69, 9.17) is 9.84 Å². The maximum Gasteiger partial charge on any atom is 0.0721 e. The van der Waals surface area contributed by atoms with Crippen molar-refractivity contribution in [2.24, 2.45) is 5.92 Å². The second-order valence-corrected chi connectivity index (χ2v) is 4.86. The highest BCUT2D eigenvalue weighted by Gasteiger charge is 1.94. The number of benzene rings is 1. The summed E-state index contributed by atoms with van der Waals surface area (Å²) in [6, 6.07) is 10.1. The number of aliphatic hydroxyl groups excluding tert-OH is 1. The van der Waals surface area contributed by atoms with E-state index in [-0.39, 0.29) is 6.61 Å². The minimum atomic E-state index is 0.188. The van der Waals surface area contributed by atoms with Crippen LogP contribution < -0.4 is 0 Å². The Balaban J connectivity index is 2.32. The molecule has 2 heteroatoms. The Bertz CT molecular complexity index is 391. The van der Waals surface area contributed by atoms with E-state index >= 15 is 0 Å². The fraction of sp³-hybridized carbons (Fsp3) is 0.412. The number of aliphatic hydroxyl groups is 1. The van der Waals surface area contributed by atoms with Crippen molar-refractivity contribution in [1.29, 1.82) is 0 Å². The van der Waals surface area contributed by atoms with Crippen molar-refractivity contribution in [3.8, 4) is 0 Å². The average molecular weight is 260 g/mol. The Labute approximate surface area is 116 Å². The average Bonchev–Trinajstić information content (AvgIpc) is 2.39. The maximum absolute atomic E-state index is 8.99. The van der Waals surface area contributed by atoms with Gasteiger partial charge in [-0.25, -0.2) is 0 Å². The molecule has 0 aliphatic heterocycles. The standard InChI is InChI=1S/C17H24O2/c1-15(2)13-16(10-11-18)9-6-12-19-14-17-7-4-3-5-8-17/h3-9,13,15,18H,10-12,14H2,1-2H3/b9-6-,16-13+. The highest BCUT2D eigenvalue weighted by atomic mass is 16.5. The molecule has 1 N–H and O–H groups in total. The molecule has 0 aliphatic carbocycles. The number of allylic oxidation sites excluding steroid dienone is 2. The molecule has 0 fully saturated rings. The molecule has 0 heterocycles. The molecule has 0 unspecified atom stereocenters.